The number of likely N-dealkylation sites (N-methyl/N-ethyl adjacent to an activating group) is 1. The summed E-state index contributed by atoms with van der Waals surface area (Å²) in [5, 5.41) is 3.11. The Balaban J connectivity index is 2.05. The fourth-order valence-corrected chi connectivity index (χ4v) is 2.60. The van der Waals surface area contributed by atoms with E-state index in [0.717, 1.165) is 24.1 Å². The fourth-order valence-electron chi connectivity index (χ4n) is 2.60. The lowest BCUT2D eigenvalue weighted by molar-refractivity contribution is -0.130. The van der Waals surface area contributed by atoms with Gasteiger partial charge in [0, 0.05) is 38.7 Å². The maximum atomic E-state index is 12.7. The van der Waals surface area contributed by atoms with E-state index in [-0.39, 0.29) is 11.8 Å². The van der Waals surface area contributed by atoms with Gasteiger partial charge in [-0.25, -0.2) is 0 Å². The summed E-state index contributed by atoms with van der Waals surface area (Å²) in [5.41, 5.74) is 1.86. The first-order chi connectivity index (χ1) is 10.1. The van der Waals surface area contributed by atoms with Crippen LogP contribution in [0.5, 0.6) is 0 Å². The van der Waals surface area contributed by atoms with E-state index < -0.39 is 0 Å². The predicted octanol–water partition coefficient (Wildman–Crippen LogP) is 0.753. The predicted molar refractivity (Wildman–Crippen MR) is 82.2 cm³/mol. The Bertz CT molecular complexity index is 508. The number of nitrogens with zero attached hydrogens (tertiary/aromatic N) is 2. The zero-order valence-corrected chi connectivity index (χ0v) is 12.8. The molecule has 1 fully saturated rings. The molecule has 0 atom stereocenters. The molecule has 0 aliphatic carbocycles. The number of rotatable bonds is 4. The highest BCUT2D eigenvalue weighted by atomic mass is 16.2. The number of benzene rings is 1. The van der Waals surface area contributed by atoms with E-state index in [0.29, 0.717) is 26.2 Å². The molecule has 5 heteroatoms. The minimum absolute atomic E-state index is 0.0740. The summed E-state index contributed by atoms with van der Waals surface area (Å²) < 4.78 is 0. The number of carbonyl (C=O) groups is 2. The molecule has 0 spiro atoms. The summed E-state index contributed by atoms with van der Waals surface area (Å²) in [6, 6.07) is 7.78. The van der Waals surface area contributed by atoms with Gasteiger partial charge < -0.3 is 15.1 Å². The van der Waals surface area contributed by atoms with Crippen molar-refractivity contribution in [2.75, 3.05) is 39.8 Å². The molecule has 1 heterocycles. The van der Waals surface area contributed by atoms with Crippen LogP contribution in [0, 0.1) is 0 Å². The van der Waals surface area contributed by atoms with Crippen molar-refractivity contribution in [2.45, 2.75) is 13.3 Å². The van der Waals surface area contributed by atoms with Crippen molar-refractivity contribution in [3.05, 3.63) is 35.4 Å². The van der Waals surface area contributed by atoms with Crippen LogP contribution in [-0.2, 0) is 11.2 Å². The van der Waals surface area contributed by atoms with E-state index in [4.69, 9.17) is 0 Å². The molecule has 0 aromatic heterocycles. The molecule has 1 aliphatic heterocycles. The van der Waals surface area contributed by atoms with Gasteiger partial charge in [-0.1, -0.05) is 18.2 Å². The Hall–Kier alpha value is -1.88. The van der Waals surface area contributed by atoms with Gasteiger partial charge in [-0.05, 0) is 31.6 Å². The quantitative estimate of drug-likeness (QED) is 0.890. The van der Waals surface area contributed by atoms with Gasteiger partial charge in [0.2, 0.25) is 5.91 Å². The van der Waals surface area contributed by atoms with Crippen molar-refractivity contribution >= 4 is 11.8 Å². The van der Waals surface area contributed by atoms with Crippen LogP contribution >= 0.6 is 0 Å². The topological polar surface area (TPSA) is 52.7 Å². The highest BCUT2D eigenvalue weighted by molar-refractivity contribution is 5.95. The Labute approximate surface area is 125 Å². The fraction of sp³-hybridized carbons (Fsp3) is 0.500. The zero-order valence-electron chi connectivity index (χ0n) is 12.8. The highest BCUT2D eigenvalue weighted by Gasteiger charge is 2.24. The van der Waals surface area contributed by atoms with Gasteiger partial charge in [-0.2, -0.15) is 0 Å². The highest BCUT2D eigenvalue weighted by Crippen LogP contribution is 2.14. The second kappa shape index (κ2) is 7.22. The number of nitrogens with one attached hydrogen (secondary N) is 1. The van der Waals surface area contributed by atoms with Crippen LogP contribution in [-0.4, -0.2) is 61.4 Å². The third kappa shape index (κ3) is 3.82. The van der Waals surface area contributed by atoms with Crippen molar-refractivity contribution in [3.63, 3.8) is 0 Å². The monoisotopic (exact) mass is 289 g/mol. The minimum Gasteiger partial charge on any atom is -0.339 e. The molecule has 0 radical (unpaired) electrons. The van der Waals surface area contributed by atoms with E-state index in [1.54, 1.807) is 11.8 Å². The first kappa shape index (κ1) is 15.5. The molecule has 0 unspecified atom stereocenters. The van der Waals surface area contributed by atoms with Crippen molar-refractivity contribution in [3.8, 4) is 0 Å². The van der Waals surface area contributed by atoms with Gasteiger partial charge in [0.05, 0.1) is 0 Å². The van der Waals surface area contributed by atoms with Gasteiger partial charge in [-0.15, -0.1) is 0 Å². The van der Waals surface area contributed by atoms with Gasteiger partial charge >= 0.3 is 0 Å². The SMILES string of the molecule is CNCCc1ccccc1C(=O)N1CCN(C(C)=O)CC1. The smallest absolute Gasteiger partial charge is 0.254 e. The number of carbonyl (C=O) groups excluding carboxylic acids is 2. The van der Waals surface area contributed by atoms with Crippen molar-refractivity contribution in [1.82, 2.24) is 15.1 Å². The third-order valence-electron chi connectivity index (χ3n) is 3.90. The Morgan fingerprint density at radius 2 is 1.71 bits per heavy atom. The maximum absolute atomic E-state index is 12.7. The van der Waals surface area contributed by atoms with Crippen LogP contribution in [0.1, 0.15) is 22.8 Å². The molecule has 1 aromatic rings. The van der Waals surface area contributed by atoms with Crippen LogP contribution in [0.15, 0.2) is 24.3 Å². The van der Waals surface area contributed by atoms with Gasteiger partial charge in [-0.3, -0.25) is 9.59 Å². The first-order valence-electron chi connectivity index (χ1n) is 7.40. The number of hydrogen-bond donors (Lipinski definition) is 1. The zero-order chi connectivity index (χ0) is 15.2. The summed E-state index contributed by atoms with van der Waals surface area (Å²) in [5.74, 6) is 0.154. The summed E-state index contributed by atoms with van der Waals surface area (Å²) in [4.78, 5) is 27.6. The van der Waals surface area contributed by atoms with E-state index in [1.807, 2.05) is 36.2 Å². The van der Waals surface area contributed by atoms with Crippen LogP contribution in [0.25, 0.3) is 0 Å². The molecule has 1 N–H and O–H groups in total. The second-order valence-electron chi connectivity index (χ2n) is 5.31. The number of piperazine rings is 1. The number of hydrogen-bond acceptors (Lipinski definition) is 3. The third-order valence-corrected chi connectivity index (χ3v) is 3.90. The Morgan fingerprint density at radius 1 is 1.10 bits per heavy atom. The van der Waals surface area contributed by atoms with Crippen LogP contribution in [0.4, 0.5) is 0 Å². The Kier molecular flexibility index (Phi) is 5.33. The molecule has 1 saturated heterocycles. The molecule has 0 saturated carbocycles. The van der Waals surface area contributed by atoms with Gasteiger partial charge in [0.25, 0.3) is 5.91 Å². The summed E-state index contributed by atoms with van der Waals surface area (Å²) in [6.45, 7) is 4.89. The average Bonchev–Trinajstić information content (AvgIpc) is 2.52. The maximum Gasteiger partial charge on any atom is 0.254 e. The molecule has 2 amide bonds. The van der Waals surface area contributed by atoms with Crippen molar-refractivity contribution < 1.29 is 9.59 Å². The number of amides is 2. The molecular formula is C16H23N3O2. The lowest BCUT2D eigenvalue weighted by atomic mass is 10.0. The van der Waals surface area contributed by atoms with E-state index in [2.05, 4.69) is 5.32 Å². The lowest BCUT2D eigenvalue weighted by Crippen LogP contribution is -2.50. The summed E-state index contributed by atoms with van der Waals surface area (Å²) in [6.07, 6.45) is 0.839. The molecule has 0 bridgehead atoms. The van der Waals surface area contributed by atoms with E-state index >= 15 is 0 Å². The van der Waals surface area contributed by atoms with E-state index in [9.17, 15) is 9.59 Å². The Morgan fingerprint density at radius 3 is 2.33 bits per heavy atom. The first-order valence-corrected chi connectivity index (χ1v) is 7.40. The normalized spacial score (nSPS) is 15.1. The summed E-state index contributed by atoms with van der Waals surface area (Å²) >= 11 is 0. The standard InChI is InChI=1S/C16H23N3O2/c1-13(20)18-9-11-19(12-10-18)16(21)15-6-4-3-5-14(15)7-8-17-2/h3-6,17H,7-12H2,1-2H3. The largest absolute Gasteiger partial charge is 0.339 e. The van der Waals surface area contributed by atoms with Crippen LogP contribution in [0.2, 0.25) is 0 Å². The van der Waals surface area contributed by atoms with Crippen molar-refractivity contribution in [2.24, 2.45) is 0 Å². The van der Waals surface area contributed by atoms with Crippen molar-refractivity contribution in [1.29, 1.82) is 0 Å². The molecule has 1 aromatic carbocycles. The summed E-state index contributed by atoms with van der Waals surface area (Å²) in [7, 11) is 1.91. The molecule has 114 valence electrons. The molecular weight excluding hydrogens is 266 g/mol. The molecule has 21 heavy (non-hydrogen) atoms. The minimum atomic E-state index is 0.0740. The second-order valence-corrected chi connectivity index (χ2v) is 5.31. The lowest BCUT2D eigenvalue weighted by Gasteiger charge is -2.34. The molecule has 5 nitrogen and oxygen atoms in total. The van der Waals surface area contributed by atoms with Crippen LogP contribution in [0.3, 0.4) is 0 Å². The average molecular weight is 289 g/mol. The van der Waals surface area contributed by atoms with Gasteiger partial charge in [0.1, 0.15) is 0 Å². The molecule has 2 rings (SSSR count). The van der Waals surface area contributed by atoms with Crippen LogP contribution < -0.4 is 5.32 Å². The van der Waals surface area contributed by atoms with E-state index in [1.165, 1.54) is 0 Å². The molecule has 1 aliphatic rings. The van der Waals surface area contributed by atoms with Gasteiger partial charge in [0.15, 0.2) is 0 Å².